The Balaban J connectivity index is 2.44. The number of halogens is 3. The number of carbonyl (C=O) groups excluding carboxylic acids is 1. The fourth-order valence-corrected chi connectivity index (χ4v) is 1.34. The molecule has 18 heavy (non-hydrogen) atoms. The van der Waals surface area contributed by atoms with E-state index in [4.69, 9.17) is 4.74 Å². The highest BCUT2D eigenvalue weighted by Gasteiger charge is 2.27. The monoisotopic (exact) mass is 258 g/mol. The summed E-state index contributed by atoms with van der Waals surface area (Å²) in [5.41, 5.74) is 0.716. The molecule has 0 saturated heterocycles. The van der Waals surface area contributed by atoms with Gasteiger partial charge in [0.05, 0.1) is 6.42 Å². The smallest absolute Gasteiger partial charge is 0.392 e. The Bertz CT molecular complexity index is 422. The fraction of sp³-hybridized carbons (Fsp3) is 0.308. The second-order valence-electron chi connectivity index (χ2n) is 3.88. The highest BCUT2D eigenvalue weighted by molar-refractivity contribution is 5.82. The van der Waals surface area contributed by atoms with Crippen molar-refractivity contribution in [2.24, 2.45) is 0 Å². The Morgan fingerprint density at radius 2 is 1.89 bits per heavy atom. The molecule has 0 saturated carbocycles. The van der Waals surface area contributed by atoms with Crippen LogP contribution in [0.1, 0.15) is 18.9 Å². The van der Waals surface area contributed by atoms with E-state index in [1.165, 1.54) is 6.92 Å². The van der Waals surface area contributed by atoms with E-state index in [9.17, 15) is 18.0 Å². The number of allylic oxidation sites excluding steroid dienone is 1. The standard InChI is InChI=1S/C13H13F3O2/c1-10(8-13(14,15)16)7-12(17)18-9-11-5-3-2-4-6-11/h2-7H,8-9H2,1H3. The third kappa shape index (κ3) is 6.08. The number of hydrogen-bond acceptors (Lipinski definition) is 2. The average molecular weight is 258 g/mol. The number of esters is 1. The van der Waals surface area contributed by atoms with Crippen molar-refractivity contribution >= 4 is 5.97 Å². The molecule has 0 bridgehead atoms. The molecule has 1 aromatic rings. The lowest BCUT2D eigenvalue weighted by atomic mass is 10.2. The SMILES string of the molecule is CC(=CC(=O)OCc1ccccc1)CC(F)(F)F. The molecule has 0 aliphatic heterocycles. The van der Waals surface area contributed by atoms with Gasteiger partial charge < -0.3 is 4.74 Å². The van der Waals surface area contributed by atoms with Crippen LogP contribution in [0, 0.1) is 0 Å². The summed E-state index contributed by atoms with van der Waals surface area (Å²) in [5, 5.41) is 0. The van der Waals surface area contributed by atoms with E-state index < -0.39 is 18.6 Å². The van der Waals surface area contributed by atoms with E-state index in [0.29, 0.717) is 0 Å². The van der Waals surface area contributed by atoms with E-state index >= 15 is 0 Å². The van der Waals surface area contributed by atoms with Crippen LogP contribution < -0.4 is 0 Å². The van der Waals surface area contributed by atoms with Crippen molar-refractivity contribution in [3.05, 3.63) is 47.5 Å². The summed E-state index contributed by atoms with van der Waals surface area (Å²) < 4.78 is 40.9. The first kappa shape index (κ1) is 14.3. The Labute approximate surface area is 103 Å². The molecule has 5 heteroatoms. The van der Waals surface area contributed by atoms with Gasteiger partial charge in [0.2, 0.25) is 0 Å². The Kier molecular flexibility index (Phi) is 4.95. The molecular weight excluding hydrogens is 245 g/mol. The number of rotatable bonds is 4. The second kappa shape index (κ2) is 6.23. The minimum Gasteiger partial charge on any atom is -0.458 e. The van der Waals surface area contributed by atoms with Crippen molar-refractivity contribution in [2.75, 3.05) is 0 Å². The van der Waals surface area contributed by atoms with Crippen LogP contribution in [-0.2, 0) is 16.1 Å². The van der Waals surface area contributed by atoms with Crippen LogP contribution >= 0.6 is 0 Å². The maximum absolute atomic E-state index is 12.0. The van der Waals surface area contributed by atoms with E-state index in [0.717, 1.165) is 11.6 Å². The highest BCUT2D eigenvalue weighted by Crippen LogP contribution is 2.23. The van der Waals surface area contributed by atoms with Crippen LogP contribution in [0.15, 0.2) is 42.0 Å². The molecule has 0 fully saturated rings. The lowest BCUT2D eigenvalue weighted by Crippen LogP contribution is -2.09. The van der Waals surface area contributed by atoms with Crippen molar-refractivity contribution < 1.29 is 22.7 Å². The predicted molar refractivity (Wildman–Crippen MR) is 60.7 cm³/mol. The van der Waals surface area contributed by atoms with Crippen molar-refractivity contribution in [1.29, 1.82) is 0 Å². The summed E-state index contributed by atoms with van der Waals surface area (Å²) in [6.45, 7) is 1.30. The maximum atomic E-state index is 12.0. The van der Waals surface area contributed by atoms with E-state index in [1.807, 2.05) is 6.07 Å². The van der Waals surface area contributed by atoms with Gasteiger partial charge in [-0.05, 0) is 12.5 Å². The van der Waals surface area contributed by atoms with Crippen LogP contribution in [0.3, 0.4) is 0 Å². The summed E-state index contributed by atoms with van der Waals surface area (Å²) >= 11 is 0. The number of hydrogen-bond donors (Lipinski definition) is 0. The number of carbonyl (C=O) groups is 1. The first-order valence-electron chi connectivity index (χ1n) is 5.31. The van der Waals surface area contributed by atoms with Crippen LogP contribution in [0.25, 0.3) is 0 Å². The molecule has 0 radical (unpaired) electrons. The van der Waals surface area contributed by atoms with Crippen molar-refractivity contribution in [3.63, 3.8) is 0 Å². The zero-order valence-corrected chi connectivity index (χ0v) is 9.83. The van der Waals surface area contributed by atoms with Gasteiger partial charge in [0.25, 0.3) is 0 Å². The number of ether oxygens (including phenoxy) is 1. The number of alkyl halides is 3. The third-order valence-electron chi connectivity index (χ3n) is 2.07. The molecule has 0 spiro atoms. The van der Waals surface area contributed by atoms with Gasteiger partial charge >= 0.3 is 12.1 Å². The van der Waals surface area contributed by atoms with Crippen LogP contribution in [0.2, 0.25) is 0 Å². The van der Waals surface area contributed by atoms with Gasteiger partial charge in [-0.2, -0.15) is 13.2 Å². The van der Waals surface area contributed by atoms with Gasteiger partial charge in [-0.15, -0.1) is 0 Å². The molecule has 1 rings (SSSR count). The van der Waals surface area contributed by atoms with Gasteiger partial charge in [-0.3, -0.25) is 0 Å². The summed E-state index contributed by atoms with van der Waals surface area (Å²) in [5.74, 6) is -0.763. The molecular formula is C13H13F3O2. The van der Waals surface area contributed by atoms with Gasteiger partial charge in [0, 0.05) is 6.08 Å². The van der Waals surface area contributed by atoms with Gasteiger partial charge in [0.15, 0.2) is 0 Å². The molecule has 0 amide bonds. The van der Waals surface area contributed by atoms with Crippen molar-refractivity contribution in [3.8, 4) is 0 Å². The molecule has 0 N–H and O–H groups in total. The van der Waals surface area contributed by atoms with Gasteiger partial charge in [-0.25, -0.2) is 4.79 Å². The summed E-state index contributed by atoms with van der Waals surface area (Å²) in [6, 6.07) is 8.92. The lowest BCUT2D eigenvalue weighted by Gasteiger charge is -2.06. The molecule has 0 aliphatic rings. The minimum absolute atomic E-state index is 0.0511. The first-order valence-corrected chi connectivity index (χ1v) is 5.31. The molecule has 0 atom stereocenters. The van der Waals surface area contributed by atoms with Crippen LogP contribution in [-0.4, -0.2) is 12.1 Å². The molecule has 0 unspecified atom stereocenters. The largest absolute Gasteiger partial charge is 0.458 e. The molecule has 98 valence electrons. The Morgan fingerprint density at radius 1 is 1.28 bits per heavy atom. The van der Waals surface area contributed by atoms with Gasteiger partial charge in [0.1, 0.15) is 6.61 Å². The molecule has 0 heterocycles. The Morgan fingerprint density at radius 3 is 2.44 bits per heavy atom. The zero-order chi connectivity index (χ0) is 13.6. The zero-order valence-electron chi connectivity index (χ0n) is 9.83. The number of benzene rings is 1. The summed E-state index contributed by atoms with van der Waals surface area (Å²) in [6.07, 6.45) is -4.54. The fourth-order valence-electron chi connectivity index (χ4n) is 1.34. The van der Waals surface area contributed by atoms with Crippen molar-refractivity contribution in [2.45, 2.75) is 26.1 Å². The van der Waals surface area contributed by atoms with E-state index in [-0.39, 0.29) is 12.2 Å². The molecule has 1 aromatic carbocycles. The second-order valence-corrected chi connectivity index (χ2v) is 3.88. The van der Waals surface area contributed by atoms with Crippen molar-refractivity contribution in [1.82, 2.24) is 0 Å². The molecule has 2 nitrogen and oxygen atoms in total. The lowest BCUT2D eigenvalue weighted by molar-refractivity contribution is -0.139. The summed E-state index contributed by atoms with van der Waals surface area (Å²) in [4.78, 5) is 11.2. The van der Waals surface area contributed by atoms with E-state index in [2.05, 4.69) is 0 Å². The summed E-state index contributed by atoms with van der Waals surface area (Å²) in [7, 11) is 0. The quantitative estimate of drug-likeness (QED) is 0.609. The van der Waals surface area contributed by atoms with Gasteiger partial charge in [-0.1, -0.05) is 35.9 Å². The average Bonchev–Trinajstić information content (AvgIpc) is 2.25. The topological polar surface area (TPSA) is 26.3 Å². The third-order valence-corrected chi connectivity index (χ3v) is 2.07. The minimum atomic E-state index is -4.31. The predicted octanol–water partition coefficient (Wildman–Crippen LogP) is 3.63. The molecule has 0 aliphatic carbocycles. The molecule has 0 aromatic heterocycles. The maximum Gasteiger partial charge on any atom is 0.392 e. The highest BCUT2D eigenvalue weighted by atomic mass is 19.4. The Hall–Kier alpha value is -1.78. The normalized spacial score (nSPS) is 12.3. The van der Waals surface area contributed by atoms with Crippen LogP contribution in [0.5, 0.6) is 0 Å². The first-order chi connectivity index (χ1) is 8.37. The van der Waals surface area contributed by atoms with Crippen LogP contribution in [0.4, 0.5) is 13.2 Å². The van der Waals surface area contributed by atoms with E-state index in [1.54, 1.807) is 24.3 Å².